The fourth-order valence-corrected chi connectivity index (χ4v) is 2.30. The second kappa shape index (κ2) is 7.79. The largest absolute Gasteiger partial charge is 0.508 e. The molecule has 0 spiro atoms. The number of aromatic hydroxyl groups is 1. The van der Waals surface area contributed by atoms with Crippen molar-refractivity contribution in [1.29, 1.82) is 0 Å². The van der Waals surface area contributed by atoms with E-state index in [1.807, 2.05) is 6.92 Å². The first-order chi connectivity index (χ1) is 9.43. The minimum atomic E-state index is -1.01. The predicted molar refractivity (Wildman–Crippen MR) is 77.9 cm³/mol. The first kappa shape index (κ1) is 16.4. The minimum absolute atomic E-state index is 0.116. The summed E-state index contributed by atoms with van der Waals surface area (Å²) < 4.78 is 0. The third-order valence-corrected chi connectivity index (χ3v) is 4.01. The molecule has 0 saturated carbocycles. The van der Waals surface area contributed by atoms with Crippen LogP contribution in [0.15, 0.2) is 29.2 Å². The van der Waals surface area contributed by atoms with Crippen LogP contribution in [0.2, 0.25) is 0 Å². The Bertz CT molecular complexity index is 461. The van der Waals surface area contributed by atoms with Crippen molar-refractivity contribution in [3.63, 3.8) is 0 Å². The molecular weight excluding hydrogens is 278 g/mol. The number of thioether (sulfide) groups is 1. The summed E-state index contributed by atoms with van der Waals surface area (Å²) in [6.07, 6.45) is 0.683. The van der Waals surface area contributed by atoms with Gasteiger partial charge < -0.3 is 15.5 Å². The van der Waals surface area contributed by atoms with E-state index in [0.717, 1.165) is 4.90 Å². The van der Waals surface area contributed by atoms with Gasteiger partial charge in [-0.05, 0) is 30.2 Å². The fourth-order valence-electron chi connectivity index (χ4n) is 1.59. The lowest BCUT2D eigenvalue weighted by Crippen LogP contribution is -2.45. The Labute approximate surface area is 122 Å². The standard InChI is InChI=1S/C14H19NO4S/c1-3-9(2)13(14(18)19)15-12(17)8-20-11-6-4-10(16)5-7-11/h4-7,9,13,16H,3,8H2,1-2H3,(H,15,17)(H,18,19)/t9-,13-/m0/s1. The Balaban J connectivity index is 2.49. The molecule has 0 aliphatic rings. The van der Waals surface area contributed by atoms with Gasteiger partial charge in [0.15, 0.2) is 0 Å². The number of amides is 1. The molecule has 1 aromatic carbocycles. The highest BCUT2D eigenvalue weighted by Crippen LogP contribution is 2.20. The zero-order valence-corrected chi connectivity index (χ0v) is 12.3. The van der Waals surface area contributed by atoms with E-state index in [1.165, 1.54) is 11.8 Å². The van der Waals surface area contributed by atoms with Gasteiger partial charge in [0, 0.05) is 4.90 Å². The van der Waals surface area contributed by atoms with E-state index in [0.29, 0.717) is 6.42 Å². The molecule has 0 aliphatic carbocycles. The van der Waals surface area contributed by atoms with E-state index in [4.69, 9.17) is 10.2 Å². The SMILES string of the molecule is CC[C@H](C)[C@H](NC(=O)CSc1ccc(O)cc1)C(=O)O. The lowest BCUT2D eigenvalue weighted by atomic mass is 9.99. The number of hydrogen-bond donors (Lipinski definition) is 3. The Hall–Kier alpha value is -1.69. The predicted octanol–water partition coefficient (Wildman–Crippen LogP) is 2.10. The number of rotatable bonds is 7. The molecule has 6 heteroatoms. The third-order valence-electron chi connectivity index (χ3n) is 3.00. The number of carboxylic acid groups (broad SMARTS) is 1. The topological polar surface area (TPSA) is 86.6 Å². The van der Waals surface area contributed by atoms with Gasteiger partial charge >= 0.3 is 5.97 Å². The highest BCUT2D eigenvalue weighted by Gasteiger charge is 2.25. The number of phenols is 1. The summed E-state index contributed by atoms with van der Waals surface area (Å²) in [6.45, 7) is 3.68. The van der Waals surface area contributed by atoms with Crippen LogP contribution in [0.3, 0.4) is 0 Å². The second-order valence-electron chi connectivity index (χ2n) is 4.55. The van der Waals surface area contributed by atoms with Crippen molar-refractivity contribution in [3.05, 3.63) is 24.3 Å². The van der Waals surface area contributed by atoms with Crippen LogP contribution < -0.4 is 5.32 Å². The fraction of sp³-hybridized carbons (Fsp3) is 0.429. The van der Waals surface area contributed by atoms with Gasteiger partial charge in [0.05, 0.1) is 5.75 Å². The molecule has 0 aromatic heterocycles. The number of phenolic OH excluding ortho intramolecular Hbond substituents is 1. The minimum Gasteiger partial charge on any atom is -0.508 e. The number of aliphatic carboxylic acids is 1. The molecule has 0 radical (unpaired) electrons. The lowest BCUT2D eigenvalue weighted by Gasteiger charge is -2.19. The molecule has 0 unspecified atom stereocenters. The molecule has 1 aromatic rings. The Kier molecular flexibility index (Phi) is 6.38. The average Bonchev–Trinajstić information content (AvgIpc) is 2.43. The number of carboxylic acids is 1. The van der Waals surface area contributed by atoms with Gasteiger partial charge in [-0.3, -0.25) is 4.79 Å². The van der Waals surface area contributed by atoms with Crippen molar-refractivity contribution in [1.82, 2.24) is 5.32 Å². The van der Waals surface area contributed by atoms with Crippen molar-refractivity contribution in [3.8, 4) is 5.75 Å². The van der Waals surface area contributed by atoms with Gasteiger partial charge in [-0.15, -0.1) is 11.8 Å². The molecule has 0 bridgehead atoms. The van der Waals surface area contributed by atoms with Crippen LogP contribution >= 0.6 is 11.8 Å². The van der Waals surface area contributed by atoms with E-state index < -0.39 is 12.0 Å². The second-order valence-corrected chi connectivity index (χ2v) is 5.60. The van der Waals surface area contributed by atoms with E-state index in [9.17, 15) is 9.59 Å². The maximum absolute atomic E-state index is 11.8. The van der Waals surface area contributed by atoms with E-state index >= 15 is 0 Å². The van der Waals surface area contributed by atoms with Crippen molar-refractivity contribution in [2.45, 2.75) is 31.2 Å². The number of hydrogen-bond acceptors (Lipinski definition) is 4. The summed E-state index contributed by atoms with van der Waals surface area (Å²) in [4.78, 5) is 23.7. The monoisotopic (exact) mass is 297 g/mol. The van der Waals surface area contributed by atoms with Gasteiger partial charge in [0.25, 0.3) is 0 Å². The van der Waals surface area contributed by atoms with Crippen molar-refractivity contribution in [2.24, 2.45) is 5.92 Å². The van der Waals surface area contributed by atoms with Gasteiger partial charge in [-0.1, -0.05) is 20.3 Å². The molecular formula is C14H19NO4S. The molecule has 1 rings (SSSR count). The highest BCUT2D eigenvalue weighted by atomic mass is 32.2. The average molecular weight is 297 g/mol. The first-order valence-electron chi connectivity index (χ1n) is 6.38. The molecule has 20 heavy (non-hydrogen) atoms. The zero-order chi connectivity index (χ0) is 15.1. The molecule has 1 amide bonds. The Morgan fingerprint density at radius 2 is 1.90 bits per heavy atom. The van der Waals surface area contributed by atoms with Crippen LogP contribution in [0.1, 0.15) is 20.3 Å². The van der Waals surface area contributed by atoms with Gasteiger partial charge in [0.1, 0.15) is 11.8 Å². The normalized spacial score (nSPS) is 13.5. The smallest absolute Gasteiger partial charge is 0.326 e. The van der Waals surface area contributed by atoms with Crippen molar-refractivity contribution < 1.29 is 19.8 Å². The molecule has 3 N–H and O–H groups in total. The maximum Gasteiger partial charge on any atom is 0.326 e. The van der Waals surface area contributed by atoms with E-state index in [2.05, 4.69) is 5.32 Å². The van der Waals surface area contributed by atoms with Gasteiger partial charge in [-0.25, -0.2) is 4.79 Å². The molecule has 110 valence electrons. The van der Waals surface area contributed by atoms with E-state index in [-0.39, 0.29) is 23.3 Å². The first-order valence-corrected chi connectivity index (χ1v) is 7.36. The summed E-state index contributed by atoms with van der Waals surface area (Å²) in [7, 11) is 0. The van der Waals surface area contributed by atoms with Crippen LogP contribution in [0.4, 0.5) is 0 Å². The van der Waals surface area contributed by atoms with Crippen LogP contribution in [0.5, 0.6) is 5.75 Å². The van der Waals surface area contributed by atoms with Crippen LogP contribution in [0, 0.1) is 5.92 Å². The van der Waals surface area contributed by atoms with Crippen LogP contribution in [0.25, 0.3) is 0 Å². The van der Waals surface area contributed by atoms with Gasteiger partial charge in [-0.2, -0.15) is 0 Å². The number of benzene rings is 1. The van der Waals surface area contributed by atoms with Crippen molar-refractivity contribution in [2.75, 3.05) is 5.75 Å². The molecule has 5 nitrogen and oxygen atoms in total. The molecule has 2 atom stereocenters. The number of carbonyl (C=O) groups excluding carboxylic acids is 1. The Morgan fingerprint density at radius 3 is 2.40 bits per heavy atom. The quantitative estimate of drug-likeness (QED) is 0.671. The summed E-state index contributed by atoms with van der Waals surface area (Å²) >= 11 is 1.29. The van der Waals surface area contributed by atoms with Crippen LogP contribution in [-0.2, 0) is 9.59 Å². The molecule has 0 fully saturated rings. The molecule has 0 saturated heterocycles. The van der Waals surface area contributed by atoms with Gasteiger partial charge in [0.2, 0.25) is 5.91 Å². The lowest BCUT2D eigenvalue weighted by molar-refractivity contribution is -0.143. The molecule has 0 heterocycles. The Morgan fingerprint density at radius 1 is 1.30 bits per heavy atom. The number of nitrogens with one attached hydrogen (secondary N) is 1. The summed E-state index contributed by atoms with van der Waals surface area (Å²) in [5.41, 5.74) is 0. The summed E-state index contributed by atoms with van der Waals surface area (Å²) in [5, 5.41) is 20.8. The highest BCUT2D eigenvalue weighted by molar-refractivity contribution is 8.00. The van der Waals surface area contributed by atoms with Crippen molar-refractivity contribution >= 4 is 23.6 Å². The summed E-state index contributed by atoms with van der Waals surface area (Å²) in [6, 6.07) is 5.64. The van der Waals surface area contributed by atoms with Crippen LogP contribution in [-0.4, -0.2) is 33.9 Å². The van der Waals surface area contributed by atoms with E-state index in [1.54, 1.807) is 31.2 Å². The third kappa shape index (κ3) is 5.13. The zero-order valence-electron chi connectivity index (χ0n) is 11.5. The molecule has 0 aliphatic heterocycles. The number of carbonyl (C=O) groups is 2. The summed E-state index contributed by atoms with van der Waals surface area (Å²) in [5.74, 6) is -1.12. The maximum atomic E-state index is 11.8.